The highest BCUT2D eigenvalue weighted by molar-refractivity contribution is 7.13. The molecule has 0 bridgehead atoms. The van der Waals surface area contributed by atoms with Crippen molar-refractivity contribution < 1.29 is 0 Å². The van der Waals surface area contributed by atoms with E-state index in [1.54, 1.807) is 11.3 Å². The molecular formula is C15H13NS. The summed E-state index contributed by atoms with van der Waals surface area (Å²) in [6.07, 6.45) is 1.87. The van der Waals surface area contributed by atoms with Gasteiger partial charge in [-0.3, -0.25) is 0 Å². The van der Waals surface area contributed by atoms with Crippen LogP contribution in [-0.4, -0.2) is 4.98 Å². The molecule has 84 valence electrons. The van der Waals surface area contributed by atoms with Crippen molar-refractivity contribution in [1.29, 1.82) is 0 Å². The lowest BCUT2D eigenvalue weighted by Gasteiger charge is -2.11. The Morgan fingerprint density at radius 3 is 2.71 bits per heavy atom. The van der Waals surface area contributed by atoms with Crippen LogP contribution in [-0.2, 0) is 0 Å². The lowest BCUT2D eigenvalue weighted by atomic mass is 9.96. The van der Waals surface area contributed by atoms with Crippen molar-refractivity contribution in [2.75, 3.05) is 0 Å². The minimum absolute atomic E-state index is 1.11. The van der Waals surface area contributed by atoms with Gasteiger partial charge in [0.15, 0.2) is 0 Å². The molecule has 2 heteroatoms. The molecule has 1 heterocycles. The summed E-state index contributed by atoms with van der Waals surface area (Å²) in [6.45, 7) is 4.34. The average molecular weight is 239 g/mol. The van der Waals surface area contributed by atoms with Gasteiger partial charge in [0, 0.05) is 17.1 Å². The van der Waals surface area contributed by atoms with E-state index >= 15 is 0 Å². The van der Waals surface area contributed by atoms with E-state index < -0.39 is 0 Å². The van der Waals surface area contributed by atoms with Crippen LogP contribution in [0.25, 0.3) is 21.3 Å². The lowest BCUT2D eigenvalue weighted by molar-refractivity contribution is 1.34. The molecule has 0 fully saturated rings. The van der Waals surface area contributed by atoms with Gasteiger partial charge in [0.05, 0.1) is 0 Å². The van der Waals surface area contributed by atoms with Gasteiger partial charge in [0.25, 0.3) is 0 Å². The highest BCUT2D eigenvalue weighted by Crippen LogP contribution is 2.34. The Kier molecular flexibility index (Phi) is 2.45. The number of rotatable bonds is 1. The smallest absolute Gasteiger partial charge is 0.124 e. The van der Waals surface area contributed by atoms with E-state index in [1.807, 2.05) is 11.6 Å². The van der Waals surface area contributed by atoms with Crippen LogP contribution in [0.5, 0.6) is 0 Å². The zero-order valence-corrected chi connectivity index (χ0v) is 10.7. The van der Waals surface area contributed by atoms with Crippen LogP contribution >= 0.6 is 11.3 Å². The van der Waals surface area contributed by atoms with Crippen molar-refractivity contribution >= 4 is 22.1 Å². The molecule has 0 aliphatic heterocycles. The predicted octanol–water partition coefficient (Wildman–Crippen LogP) is 4.58. The van der Waals surface area contributed by atoms with Crippen LogP contribution in [0, 0.1) is 13.8 Å². The Hall–Kier alpha value is -1.67. The van der Waals surface area contributed by atoms with Crippen molar-refractivity contribution in [3.8, 4) is 10.6 Å². The number of fused-ring (bicyclic) bond motifs is 1. The second-order valence-electron chi connectivity index (χ2n) is 4.25. The standard InChI is InChI=1S/C15H13NS/c1-10-9-12-5-3-4-6-13(12)14(11(10)2)15-16-7-8-17-15/h3-9H,1-2H3. The van der Waals surface area contributed by atoms with Gasteiger partial charge in [-0.05, 0) is 35.7 Å². The molecule has 3 aromatic rings. The molecule has 0 amide bonds. The molecule has 3 rings (SSSR count). The normalized spacial score (nSPS) is 10.9. The maximum atomic E-state index is 4.46. The van der Waals surface area contributed by atoms with E-state index in [0.717, 1.165) is 5.01 Å². The maximum Gasteiger partial charge on any atom is 0.124 e. The molecule has 0 atom stereocenters. The molecule has 0 radical (unpaired) electrons. The Labute approximate surface area is 105 Å². The van der Waals surface area contributed by atoms with E-state index in [4.69, 9.17) is 0 Å². The Bertz CT molecular complexity index is 669. The first-order chi connectivity index (χ1) is 8.27. The van der Waals surface area contributed by atoms with Crippen LogP contribution in [0.15, 0.2) is 41.9 Å². The topological polar surface area (TPSA) is 12.9 Å². The summed E-state index contributed by atoms with van der Waals surface area (Å²) in [7, 11) is 0. The Morgan fingerprint density at radius 2 is 1.94 bits per heavy atom. The SMILES string of the molecule is Cc1cc2ccccc2c(-c2nccs2)c1C. The fourth-order valence-corrected chi connectivity index (χ4v) is 2.97. The number of thiazole rings is 1. The van der Waals surface area contributed by atoms with Gasteiger partial charge in [-0.2, -0.15) is 0 Å². The molecule has 17 heavy (non-hydrogen) atoms. The fourth-order valence-electron chi connectivity index (χ4n) is 2.21. The summed E-state index contributed by atoms with van der Waals surface area (Å²) >= 11 is 1.70. The maximum absolute atomic E-state index is 4.46. The van der Waals surface area contributed by atoms with Crippen molar-refractivity contribution in [3.63, 3.8) is 0 Å². The highest BCUT2D eigenvalue weighted by atomic mass is 32.1. The lowest BCUT2D eigenvalue weighted by Crippen LogP contribution is -1.89. The molecule has 0 spiro atoms. The zero-order chi connectivity index (χ0) is 11.8. The monoisotopic (exact) mass is 239 g/mol. The number of nitrogens with zero attached hydrogens (tertiary/aromatic N) is 1. The summed E-state index contributed by atoms with van der Waals surface area (Å²) < 4.78 is 0. The van der Waals surface area contributed by atoms with E-state index in [9.17, 15) is 0 Å². The first-order valence-corrected chi connectivity index (χ1v) is 6.54. The fraction of sp³-hybridized carbons (Fsp3) is 0.133. The summed E-state index contributed by atoms with van der Waals surface area (Å²) in [5.41, 5.74) is 3.95. The van der Waals surface area contributed by atoms with Crippen molar-refractivity contribution in [2.45, 2.75) is 13.8 Å². The summed E-state index contributed by atoms with van der Waals surface area (Å²) in [6, 6.07) is 10.8. The third-order valence-corrected chi connectivity index (χ3v) is 4.01. The summed E-state index contributed by atoms with van der Waals surface area (Å²) in [5.74, 6) is 0. The van der Waals surface area contributed by atoms with Gasteiger partial charge < -0.3 is 0 Å². The van der Waals surface area contributed by atoms with E-state index in [1.165, 1.54) is 27.5 Å². The summed E-state index contributed by atoms with van der Waals surface area (Å²) in [5, 5.41) is 5.74. The summed E-state index contributed by atoms with van der Waals surface area (Å²) in [4.78, 5) is 4.46. The molecule has 0 aliphatic carbocycles. The van der Waals surface area contributed by atoms with Crippen molar-refractivity contribution in [2.24, 2.45) is 0 Å². The third-order valence-electron chi connectivity index (χ3n) is 3.21. The quantitative estimate of drug-likeness (QED) is 0.605. The predicted molar refractivity (Wildman–Crippen MR) is 74.5 cm³/mol. The van der Waals surface area contributed by atoms with Gasteiger partial charge in [0.2, 0.25) is 0 Å². The van der Waals surface area contributed by atoms with Crippen LogP contribution in [0.1, 0.15) is 11.1 Å². The van der Waals surface area contributed by atoms with E-state index in [-0.39, 0.29) is 0 Å². The molecule has 0 saturated carbocycles. The second-order valence-corrected chi connectivity index (χ2v) is 5.15. The number of aromatic nitrogens is 1. The van der Waals surface area contributed by atoms with Gasteiger partial charge in [-0.15, -0.1) is 11.3 Å². The molecule has 2 aromatic carbocycles. The highest BCUT2D eigenvalue weighted by Gasteiger charge is 2.11. The average Bonchev–Trinajstić information content (AvgIpc) is 2.84. The molecule has 1 nitrogen and oxygen atoms in total. The molecule has 0 saturated heterocycles. The van der Waals surface area contributed by atoms with Gasteiger partial charge in [0.1, 0.15) is 5.01 Å². The molecular weight excluding hydrogens is 226 g/mol. The number of hydrogen-bond acceptors (Lipinski definition) is 2. The first kappa shape index (κ1) is 10.5. The van der Waals surface area contributed by atoms with Crippen LogP contribution in [0.3, 0.4) is 0 Å². The molecule has 0 aliphatic rings. The van der Waals surface area contributed by atoms with E-state index in [0.29, 0.717) is 0 Å². The number of hydrogen-bond donors (Lipinski definition) is 0. The minimum atomic E-state index is 1.11. The zero-order valence-electron chi connectivity index (χ0n) is 9.90. The van der Waals surface area contributed by atoms with Crippen LogP contribution < -0.4 is 0 Å². The molecule has 1 aromatic heterocycles. The Balaban J connectivity index is 2.46. The largest absolute Gasteiger partial charge is 0.245 e. The van der Waals surface area contributed by atoms with Crippen LogP contribution in [0.4, 0.5) is 0 Å². The number of benzene rings is 2. The molecule has 0 unspecified atom stereocenters. The first-order valence-electron chi connectivity index (χ1n) is 5.66. The van der Waals surface area contributed by atoms with Crippen molar-refractivity contribution in [1.82, 2.24) is 4.98 Å². The number of aryl methyl sites for hydroxylation is 1. The minimum Gasteiger partial charge on any atom is -0.245 e. The molecule has 0 N–H and O–H groups in total. The van der Waals surface area contributed by atoms with E-state index in [2.05, 4.69) is 49.2 Å². The second kappa shape index (κ2) is 3.97. The van der Waals surface area contributed by atoms with Crippen molar-refractivity contribution in [3.05, 3.63) is 53.0 Å². The third kappa shape index (κ3) is 1.65. The van der Waals surface area contributed by atoms with Gasteiger partial charge in [-0.1, -0.05) is 30.3 Å². The van der Waals surface area contributed by atoms with Gasteiger partial charge in [-0.25, -0.2) is 4.98 Å². The Morgan fingerprint density at radius 1 is 1.12 bits per heavy atom. The van der Waals surface area contributed by atoms with Gasteiger partial charge >= 0.3 is 0 Å². The van der Waals surface area contributed by atoms with Crippen LogP contribution in [0.2, 0.25) is 0 Å².